The zero-order valence-corrected chi connectivity index (χ0v) is 12.8. The minimum absolute atomic E-state index is 0.186. The predicted molar refractivity (Wildman–Crippen MR) is 86.2 cm³/mol. The second-order valence-electron chi connectivity index (χ2n) is 4.84. The molecule has 4 nitrogen and oxygen atoms in total. The largest absolute Gasteiger partial charge is 0.497 e. The van der Waals surface area contributed by atoms with E-state index in [1.165, 1.54) is 7.11 Å². The average Bonchev–Trinajstić information content (AvgIpc) is 2.53. The summed E-state index contributed by atoms with van der Waals surface area (Å²) in [5.74, 6) is 0.259. The smallest absolute Gasteiger partial charge is 0.336 e. The summed E-state index contributed by atoms with van der Waals surface area (Å²) in [6.45, 7) is 1.91. The Labute approximate surface area is 129 Å². The summed E-state index contributed by atoms with van der Waals surface area (Å²) in [4.78, 5) is 11.7. The number of hydrogen-bond acceptors (Lipinski definition) is 3. The van der Waals surface area contributed by atoms with Crippen LogP contribution in [0.4, 0.5) is 0 Å². The molecule has 0 atom stereocenters. The molecule has 0 aromatic heterocycles. The summed E-state index contributed by atoms with van der Waals surface area (Å²) < 4.78 is 10.4. The molecule has 22 heavy (non-hydrogen) atoms. The van der Waals surface area contributed by atoms with Gasteiger partial charge in [0.1, 0.15) is 11.5 Å². The van der Waals surface area contributed by atoms with E-state index in [1.54, 1.807) is 31.4 Å². The lowest BCUT2D eigenvalue weighted by atomic mass is 10.00. The quantitative estimate of drug-likeness (QED) is 0.676. The van der Waals surface area contributed by atoms with Crippen molar-refractivity contribution in [2.45, 2.75) is 6.92 Å². The van der Waals surface area contributed by atoms with Gasteiger partial charge >= 0.3 is 5.97 Å². The maximum atomic E-state index is 11.7. The minimum Gasteiger partial charge on any atom is -0.497 e. The normalized spacial score (nSPS) is 11.1. The van der Waals surface area contributed by atoms with Crippen molar-refractivity contribution in [3.8, 4) is 11.5 Å². The molecule has 114 valence electrons. The average molecular weight is 298 g/mol. The molecule has 0 bridgehead atoms. The van der Waals surface area contributed by atoms with Crippen molar-refractivity contribution in [1.82, 2.24) is 0 Å². The van der Waals surface area contributed by atoms with E-state index in [2.05, 4.69) is 0 Å². The highest BCUT2D eigenvalue weighted by Gasteiger charge is 2.15. The van der Waals surface area contributed by atoms with Crippen LogP contribution < -0.4 is 9.47 Å². The number of carboxylic acids is 1. The van der Waals surface area contributed by atoms with Gasteiger partial charge in [-0.25, -0.2) is 4.79 Å². The topological polar surface area (TPSA) is 55.8 Å². The van der Waals surface area contributed by atoms with E-state index in [9.17, 15) is 9.90 Å². The van der Waals surface area contributed by atoms with E-state index in [0.29, 0.717) is 11.3 Å². The van der Waals surface area contributed by atoms with Gasteiger partial charge in [-0.05, 0) is 42.8 Å². The van der Waals surface area contributed by atoms with Gasteiger partial charge < -0.3 is 14.6 Å². The Morgan fingerprint density at radius 1 is 1.05 bits per heavy atom. The molecule has 0 fully saturated rings. The summed E-state index contributed by atoms with van der Waals surface area (Å²) in [5, 5.41) is 9.55. The number of rotatable bonds is 5. The Hall–Kier alpha value is -2.75. The SMILES string of the molecule is COc1ccc(/C=C(\C(=O)O)c2cc(C)ccc2OC)cc1. The summed E-state index contributed by atoms with van der Waals surface area (Å²) in [7, 11) is 3.12. The lowest BCUT2D eigenvalue weighted by molar-refractivity contribution is -0.130. The first kappa shape index (κ1) is 15.6. The maximum Gasteiger partial charge on any atom is 0.336 e. The van der Waals surface area contributed by atoms with Gasteiger partial charge in [-0.1, -0.05) is 23.8 Å². The van der Waals surface area contributed by atoms with E-state index >= 15 is 0 Å². The summed E-state index contributed by atoms with van der Waals surface area (Å²) >= 11 is 0. The molecule has 2 rings (SSSR count). The predicted octanol–water partition coefficient (Wildman–Crippen LogP) is 3.64. The first-order chi connectivity index (χ1) is 10.5. The molecule has 0 heterocycles. The lowest BCUT2D eigenvalue weighted by Crippen LogP contribution is -2.02. The van der Waals surface area contributed by atoms with Crippen LogP contribution in [-0.2, 0) is 4.79 Å². The summed E-state index contributed by atoms with van der Waals surface area (Å²) in [6, 6.07) is 12.7. The van der Waals surface area contributed by atoms with E-state index in [1.807, 2.05) is 31.2 Å². The van der Waals surface area contributed by atoms with Crippen molar-refractivity contribution in [3.63, 3.8) is 0 Å². The van der Waals surface area contributed by atoms with Gasteiger partial charge in [0, 0.05) is 5.56 Å². The molecule has 0 saturated carbocycles. The maximum absolute atomic E-state index is 11.7. The number of carboxylic acid groups (broad SMARTS) is 1. The van der Waals surface area contributed by atoms with E-state index in [-0.39, 0.29) is 5.57 Å². The molecule has 1 N–H and O–H groups in total. The van der Waals surface area contributed by atoms with Crippen LogP contribution in [0.15, 0.2) is 42.5 Å². The number of carbonyl (C=O) groups is 1. The van der Waals surface area contributed by atoms with Crippen LogP contribution in [0.2, 0.25) is 0 Å². The van der Waals surface area contributed by atoms with Gasteiger partial charge in [-0.2, -0.15) is 0 Å². The van der Waals surface area contributed by atoms with Gasteiger partial charge in [0.25, 0.3) is 0 Å². The highest BCUT2D eigenvalue weighted by atomic mass is 16.5. The van der Waals surface area contributed by atoms with Crippen molar-refractivity contribution < 1.29 is 19.4 Å². The first-order valence-electron chi connectivity index (χ1n) is 6.79. The standard InChI is InChI=1S/C18H18O4/c1-12-4-9-17(22-3)15(10-12)16(18(19)20)11-13-5-7-14(21-2)8-6-13/h4-11H,1-3H3,(H,19,20)/b16-11-. The summed E-state index contributed by atoms with van der Waals surface area (Å²) in [6.07, 6.45) is 1.62. The number of aryl methyl sites for hydroxylation is 1. The first-order valence-corrected chi connectivity index (χ1v) is 6.79. The molecule has 2 aromatic rings. The van der Waals surface area contributed by atoms with Crippen molar-refractivity contribution in [2.24, 2.45) is 0 Å². The molecule has 0 aliphatic carbocycles. The van der Waals surface area contributed by atoms with Crippen molar-refractivity contribution in [3.05, 3.63) is 59.2 Å². The van der Waals surface area contributed by atoms with Crippen molar-refractivity contribution in [2.75, 3.05) is 14.2 Å². The molecular weight excluding hydrogens is 280 g/mol. The molecule has 4 heteroatoms. The molecular formula is C18H18O4. The number of hydrogen-bond donors (Lipinski definition) is 1. The number of benzene rings is 2. The van der Waals surface area contributed by atoms with Crippen LogP contribution in [-0.4, -0.2) is 25.3 Å². The van der Waals surface area contributed by atoms with Crippen LogP contribution in [0, 0.1) is 6.92 Å². The second-order valence-corrected chi connectivity index (χ2v) is 4.84. The van der Waals surface area contributed by atoms with Crippen molar-refractivity contribution >= 4 is 17.6 Å². The number of ether oxygens (including phenoxy) is 2. The Bertz CT molecular complexity index is 700. The van der Waals surface area contributed by atoms with Gasteiger partial charge in [-0.15, -0.1) is 0 Å². The van der Waals surface area contributed by atoms with Gasteiger partial charge in [-0.3, -0.25) is 0 Å². The minimum atomic E-state index is -1.00. The Morgan fingerprint density at radius 3 is 2.27 bits per heavy atom. The molecule has 0 amide bonds. The highest BCUT2D eigenvalue weighted by Crippen LogP contribution is 2.29. The monoisotopic (exact) mass is 298 g/mol. The van der Waals surface area contributed by atoms with Crippen LogP contribution in [0.3, 0.4) is 0 Å². The molecule has 0 unspecified atom stereocenters. The molecule has 0 saturated heterocycles. The fraction of sp³-hybridized carbons (Fsp3) is 0.167. The fourth-order valence-corrected chi connectivity index (χ4v) is 2.15. The van der Waals surface area contributed by atoms with Crippen LogP contribution in [0.25, 0.3) is 11.6 Å². The highest BCUT2D eigenvalue weighted by molar-refractivity contribution is 6.21. The third-order valence-electron chi connectivity index (χ3n) is 3.30. The lowest BCUT2D eigenvalue weighted by Gasteiger charge is -2.10. The summed E-state index contributed by atoms with van der Waals surface area (Å²) in [5.41, 5.74) is 2.50. The number of aliphatic carboxylic acids is 1. The zero-order chi connectivity index (χ0) is 16.1. The molecule has 0 aliphatic rings. The van der Waals surface area contributed by atoms with E-state index in [4.69, 9.17) is 9.47 Å². The third kappa shape index (κ3) is 3.47. The fourth-order valence-electron chi connectivity index (χ4n) is 2.15. The Balaban J connectivity index is 2.52. The Kier molecular flexibility index (Phi) is 4.84. The third-order valence-corrected chi connectivity index (χ3v) is 3.30. The van der Waals surface area contributed by atoms with E-state index in [0.717, 1.165) is 16.9 Å². The Morgan fingerprint density at radius 2 is 1.73 bits per heavy atom. The molecule has 2 aromatic carbocycles. The zero-order valence-electron chi connectivity index (χ0n) is 12.8. The van der Waals surface area contributed by atoms with Gasteiger partial charge in [0.15, 0.2) is 0 Å². The van der Waals surface area contributed by atoms with Gasteiger partial charge in [0.2, 0.25) is 0 Å². The molecule has 0 aliphatic heterocycles. The van der Waals surface area contributed by atoms with Crippen LogP contribution in [0.5, 0.6) is 11.5 Å². The van der Waals surface area contributed by atoms with Gasteiger partial charge in [0.05, 0.1) is 19.8 Å². The molecule has 0 radical (unpaired) electrons. The van der Waals surface area contributed by atoms with Crippen LogP contribution in [0.1, 0.15) is 16.7 Å². The molecule has 0 spiro atoms. The van der Waals surface area contributed by atoms with E-state index < -0.39 is 5.97 Å². The number of methoxy groups -OCH3 is 2. The van der Waals surface area contributed by atoms with Crippen LogP contribution >= 0.6 is 0 Å². The van der Waals surface area contributed by atoms with Crippen molar-refractivity contribution in [1.29, 1.82) is 0 Å². The second kappa shape index (κ2) is 6.80.